The summed E-state index contributed by atoms with van der Waals surface area (Å²) < 4.78 is 39.7. The average molecular weight is 417 g/mol. The summed E-state index contributed by atoms with van der Waals surface area (Å²) in [6.07, 6.45) is 1.55. The highest BCUT2D eigenvalue weighted by molar-refractivity contribution is 5.94. The molecule has 0 radical (unpaired) electrons. The molecule has 0 aromatic carbocycles. The highest BCUT2D eigenvalue weighted by atomic mass is 19.4. The van der Waals surface area contributed by atoms with Gasteiger partial charge in [-0.05, 0) is 19.1 Å². The molecule has 0 bridgehead atoms. The predicted molar refractivity (Wildman–Crippen MR) is 101 cm³/mol. The molecule has 4 rings (SSSR count). The lowest BCUT2D eigenvalue weighted by Crippen LogP contribution is -2.49. The van der Waals surface area contributed by atoms with Gasteiger partial charge in [0.25, 0.3) is 5.91 Å². The SMILES string of the molecule is Cc1nc(N2CCN(C(=O)c3ccc(C(F)(F)F)nc3)CC2)cc(-n2ccnc2)n1. The van der Waals surface area contributed by atoms with Crippen LogP contribution in [0.2, 0.25) is 0 Å². The second kappa shape index (κ2) is 7.73. The normalized spacial score (nSPS) is 14.8. The molecule has 0 atom stereocenters. The van der Waals surface area contributed by atoms with Crippen molar-refractivity contribution in [1.82, 2.24) is 29.4 Å². The topological polar surface area (TPSA) is 80.0 Å². The Balaban J connectivity index is 1.43. The monoisotopic (exact) mass is 417 g/mol. The summed E-state index contributed by atoms with van der Waals surface area (Å²) in [6, 6.07) is 3.84. The van der Waals surface area contributed by atoms with Crippen LogP contribution in [0.15, 0.2) is 43.1 Å². The van der Waals surface area contributed by atoms with Crippen LogP contribution in [0.1, 0.15) is 21.9 Å². The van der Waals surface area contributed by atoms with Gasteiger partial charge in [-0.3, -0.25) is 14.3 Å². The van der Waals surface area contributed by atoms with E-state index in [0.29, 0.717) is 37.8 Å². The van der Waals surface area contributed by atoms with Gasteiger partial charge in [0.2, 0.25) is 0 Å². The summed E-state index contributed by atoms with van der Waals surface area (Å²) in [6.45, 7) is 3.73. The molecular weight excluding hydrogens is 399 g/mol. The maximum atomic E-state index is 12.6. The molecule has 156 valence electrons. The molecule has 4 heterocycles. The molecule has 8 nitrogen and oxygen atoms in total. The first-order valence-corrected chi connectivity index (χ1v) is 9.23. The number of halogens is 3. The van der Waals surface area contributed by atoms with Crippen LogP contribution < -0.4 is 4.90 Å². The van der Waals surface area contributed by atoms with Crippen molar-refractivity contribution in [2.24, 2.45) is 0 Å². The maximum Gasteiger partial charge on any atom is 0.433 e. The minimum Gasteiger partial charge on any atom is -0.353 e. The van der Waals surface area contributed by atoms with Crippen molar-refractivity contribution >= 4 is 11.7 Å². The van der Waals surface area contributed by atoms with Crippen molar-refractivity contribution in [3.63, 3.8) is 0 Å². The van der Waals surface area contributed by atoms with E-state index in [1.165, 1.54) is 0 Å². The number of rotatable bonds is 3. The van der Waals surface area contributed by atoms with Gasteiger partial charge in [-0.2, -0.15) is 13.2 Å². The molecule has 1 saturated heterocycles. The molecule has 1 amide bonds. The predicted octanol–water partition coefficient (Wildman–Crippen LogP) is 2.35. The Hall–Kier alpha value is -3.50. The molecule has 0 aliphatic carbocycles. The zero-order valence-corrected chi connectivity index (χ0v) is 16.0. The first kappa shape index (κ1) is 19.8. The average Bonchev–Trinajstić information content (AvgIpc) is 3.27. The second-order valence-corrected chi connectivity index (χ2v) is 6.81. The Morgan fingerprint density at radius 3 is 2.40 bits per heavy atom. The van der Waals surface area contributed by atoms with Gasteiger partial charge in [0.1, 0.15) is 29.5 Å². The second-order valence-electron chi connectivity index (χ2n) is 6.81. The number of aromatic nitrogens is 5. The van der Waals surface area contributed by atoms with Gasteiger partial charge in [-0.15, -0.1) is 0 Å². The van der Waals surface area contributed by atoms with Crippen LogP contribution in [-0.2, 0) is 6.18 Å². The van der Waals surface area contributed by atoms with Gasteiger partial charge in [0.15, 0.2) is 0 Å². The molecule has 1 aliphatic heterocycles. The van der Waals surface area contributed by atoms with Crippen LogP contribution in [0.5, 0.6) is 0 Å². The van der Waals surface area contributed by atoms with Crippen LogP contribution in [0.25, 0.3) is 5.82 Å². The zero-order valence-electron chi connectivity index (χ0n) is 16.0. The number of carbonyl (C=O) groups excluding carboxylic acids is 1. The fourth-order valence-electron chi connectivity index (χ4n) is 3.23. The van der Waals surface area contributed by atoms with Crippen molar-refractivity contribution in [3.05, 3.63) is 60.2 Å². The third kappa shape index (κ3) is 4.09. The summed E-state index contributed by atoms with van der Waals surface area (Å²) in [7, 11) is 0. The summed E-state index contributed by atoms with van der Waals surface area (Å²) in [5, 5.41) is 0. The lowest BCUT2D eigenvalue weighted by molar-refractivity contribution is -0.141. The number of anilines is 1. The Labute approximate surface area is 170 Å². The Kier molecular flexibility index (Phi) is 5.10. The zero-order chi connectivity index (χ0) is 21.3. The number of carbonyl (C=O) groups is 1. The molecular formula is C19H18F3N7O. The number of hydrogen-bond donors (Lipinski definition) is 0. The van der Waals surface area contributed by atoms with E-state index in [1.807, 2.05) is 11.0 Å². The highest BCUT2D eigenvalue weighted by Crippen LogP contribution is 2.27. The summed E-state index contributed by atoms with van der Waals surface area (Å²) in [4.78, 5) is 32.6. The molecule has 1 fully saturated rings. The van der Waals surface area contributed by atoms with Crippen molar-refractivity contribution in [3.8, 4) is 5.82 Å². The molecule has 30 heavy (non-hydrogen) atoms. The Bertz CT molecular complexity index is 1030. The van der Waals surface area contributed by atoms with Gasteiger partial charge in [-0.1, -0.05) is 0 Å². The van der Waals surface area contributed by atoms with Gasteiger partial charge in [-0.25, -0.2) is 15.0 Å². The van der Waals surface area contributed by atoms with E-state index >= 15 is 0 Å². The van der Waals surface area contributed by atoms with Crippen LogP contribution in [0.4, 0.5) is 19.0 Å². The van der Waals surface area contributed by atoms with Crippen LogP contribution in [0, 0.1) is 6.92 Å². The minimum atomic E-state index is -4.53. The number of alkyl halides is 3. The molecule has 0 saturated carbocycles. The molecule has 3 aromatic heterocycles. The van der Waals surface area contributed by atoms with E-state index in [2.05, 4.69) is 19.9 Å². The van der Waals surface area contributed by atoms with E-state index in [-0.39, 0.29) is 11.5 Å². The third-order valence-electron chi connectivity index (χ3n) is 4.77. The minimum absolute atomic E-state index is 0.136. The standard InChI is InChI=1S/C19H18F3N7O/c1-13-25-16(10-17(26-13)29-5-4-23-12-29)27-6-8-28(9-7-27)18(30)14-2-3-15(24-11-14)19(20,21)22/h2-5,10-12H,6-9H2,1H3. The number of amides is 1. The number of aryl methyl sites for hydroxylation is 1. The van der Waals surface area contributed by atoms with E-state index in [0.717, 1.165) is 24.1 Å². The van der Waals surface area contributed by atoms with Crippen LogP contribution in [-0.4, -0.2) is 61.5 Å². The van der Waals surface area contributed by atoms with Gasteiger partial charge in [0.05, 0.1) is 5.56 Å². The van der Waals surface area contributed by atoms with Gasteiger partial charge >= 0.3 is 6.18 Å². The van der Waals surface area contributed by atoms with E-state index < -0.39 is 11.9 Å². The van der Waals surface area contributed by atoms with Crippen molar-refractivity contribution in [1.29, 1.82) is 0 Å². The van der Waals surface area contributed by atoms with E-state index in [1.54, 1.807) is 35.1 Å². The lowest BCUT2D eigenvalue weighted by Gasteiger charge is -2.35. The smallest absolute Gasteiger partial charge is 0.353 e. The molecule has 0 unspecified atom stereocenters. The maximum absolute atomic E-state index is 12.6. The Morgan fingerprint density at radius 2 is 1.80 bits per heavy atom. The number of pyridine rings is 1. The molecule has 0 N–H and O–H groups in total. The first-order chi connectivity index (χ1) is 14.3. The van der Waals surface area contributed by atoms with Crippen LogP contribution in [0.3, 0.4) is 0 Å². The fourth-order valence-corrected chi connectivity index (χ4v) is 3.23. The quantitative estimate of drug-likeness (QED) is 0.651. The molecule has 1 aliphatic rings. The summed E-state index contributed by atoms with van der Waals surface area (Å²) in [5.74, 6) is 1.72. The molecule has 0 spiro atoms. The number of imidazole rings is 1. The van der Waals surface area contributed by atoms with Crippen molar-refractivity contribution in [2.75, 3.05) is 31.1 Å². The number of hydrogen-bond acceptors (Lipinski definition) is 6. The van der Waals surface area contributed by atoms with Crippen molar-refractivity contribution in [2.45, 2.75) is 13.1 Å². The number of nitrogens with zero attached hydrogens (tertiary/aromatic N) is 7. The lowest BCUT2D eigenvalue weighted by atomic mass is 10.2. The van der Waals surface area contributed by atoms with E-state index in [9.17, 15) is 18.0 Å². The molecule has 3 aromatic rings. The highest BCUT2D eigenvalue weighted by Gasteiger charge is 2.32. The summed E-state index contributed by atoms with van der Waals surface area (Å²) in [5.41, 5.74) is -0.881. The first-order valence-electron chi connectivity index (χ1n) is 9.23. The van der Waals surface area contributed by atoms with Gasteiger partial charge in [0, 0.05) is 50.8 Å². The van der Waals surface area contributed by atoms with Gasteiger partial charge < -0.3 is 9.80 Å². The van der Waals surface area contributed by atoms with Crippen molar-refractivity contribution < 1.29 is 18.0 Å². The fraction of sp³-hybridized carbons (Fsp3) is 0.316. The third-order valence-corrected chi connectivity index (χ3v) is 4.77. The number of piperazine rings is 1. The van der Waals surface area contributed by atoms with E-state index in [4.69, 9.17) is 0 Å². The largest absolute Gasteiger partial charge is 0.433 e. The Morgan fingerprint density at radius 1 is 1.07 bits per heavy atom. The van der Waals surface area contributed by atoms with Crippen LogP contribution >= 0.6 is 0 Å². The molecule has 11 heteroatoms. The summed E-state index contributed by atoms with van der Waals surface area (Å²) >= 11 is 0.